The lowest BCUT2D eigenvalue weighted by Crippen LogP contribution is -2.57. The van der Waals surface area contributed by atoms with Crippen LogP contribution in [0.25, 0.3) is 0 Å². The van der Waals surface area contributed by atoms with Crippen molar-refractivity contribution in [3.8, 4) is 5.75 Å². The number of carbonyl (C=O) groups excluding carboxylic acids is 1. The lowest BCUT2D eigenvalue weighted by molar-refractivity contribution is -0.148. The molecule has 0 saturated carbocycles. The summed E-state index contributed by atoms with van der Waals surface area (Å²) >= 11 is 0. The van der Waals surface area contributed by atoms with E-state index in [0.29, 0.717) is 19.4 Å². The molecule has 0 saturated heterocycles. The molecule has 0 unspecified atom stereocenters. The van der Waals surface area contributed by atoms with Gasteiger partial charge >= 0.3 is 12.3 Å². The largest absolute Gasteiger partial charge is 0.485 e. The number of rotatable bonds is 8. The molecule has 0 spiro atoms. The van der Waals surface area contributed by atoms with Crippen LogP contribution in [-0.4, -0.2) is 61.8 Å². The zero-order valence-electron chi connectivity index (χ0n) is 20.6. The van der Waals surface area contributed by atoms with Crippen molar-refractivity contribution < 1.29 is 35.7 Å². The number of fused-ring (bicyclic) bond motifs is 1. The number of Topliss-reactive ketones (excluding diaryl/α,β-unsaturated/α-hetero) is 1. The second-order valence-electron chi connectivity index (χ2n) is 9.71. The molecule has 0 amide bonds. The Balaban J connectivity index is 1.54. The minimum absolute atomic E-state index is 0.0727. The molecule has 4 rings (SSSR count). The zero-order valence-corrected chi connectivity index (χ0v) is 21.4. The molecule has 2 aliphatic rings. The summed E-state index contributed by atoms with van der Waals surface area (Å²) in [5.74, 6) is -5.74. The summed E-state index contributed by atoms with van der Waals surface area (Å²) in [7, 11) is -2.87. The summed E-state index contributed by atoms with van der Waals surface area (Å²) < 4.78 is 87.5. The van der Waals surface area contributed by atoms with E-state index in [2.05, 4.69) is 24.1 Å². The molecule has 3 atom stereocenters. The van der Waals surface area contributed by atoms with Gasteiger partial charge in [0.1, 0.15) is 39.1 Å². The van der Waals surface area contributed by atoms with Gasteiger partial charge in [0, 0.05) is 12.2 Å². The molecule has 8 nitrogen and oxygen atoms in total. The molecule has 2 aromatic heterocycles. The molecule has 38 heavy (non-hydrogen) atoms. The Hall–Kier alpha value is -3.16. The van der Waals surface area contributed by atoms with Gasteiger partial charge in [-0.05, 0) is 51.0 Å². The summed E-state index contributed by atoms with van der Waals surface area (Å²) in [5.41, 5.74) is 4.87. The Morgan fingerprint density at radius 1 is 1.24 bits per heavy atom. The van der Waals surface area contributed by atoms with E-state index in [1.807, 2.05) is 0 Å². The molecule has 206 valence electrons. The van der Waals surface area contributed by atoms with Crippen molar-refractivity contribution in [2.75, 3.05) is 18.9 Å². The Morgan fingerprint density at radius 2 is 1.97 bits per heavy atom. The van der Waals surface area contributed by atoms with Crippen molar-refractivity contribution in [1.29, 1.82) is 0 Å². The van der Waals surface area contributed by atoms with E-state index in [1.165, 1.54) is 12.1 Å². The molecule has 14 heteroatoms. The van der Waals surface area contributed by atoms with Gasteiger partial charge in [-0.15, -0.1) is 0 Å². The van der Waals surface area contributed by atoms with Crippen LogP contribution in [0.1, 0.15) is 48.6 Å². The van der Waals surface area contributed by atoms with Crippen LogP contribution < -0.4 is 10.5 Å². The highest BCUT2D eigenvalue weighted by Crippen LogP contribution is 2.42. The van der Waals surface area contributed by atoms with Crippen molar-refractivity contribution in [2.45, 2.75) is 55.7 Å². The standard InChI is InChI=1S/C24H26F5N5O3S/c1-22(13-38(36)23(2,21(30)34-22)8-3-9-32-38)19-16(25)6-4-14(33-19)10-18(35)17-7-5-15(11-31-17)37-12-24(28,29)20(26)27/h4-7,11,20H,3,8-10,12-13H2,1-2H3,(H2,30,34)/t22-,23+,38+/m0/s1. The molecule has 0 bridgehead atoms. The van der Waals surface area contributed by atoms with Crippen molar-refractivity contribution >= 4 is 21.3 Å². The first kappa shape index (κ1) is 27.9. The smallest absolute Gasteiger partial charge is 0.340 e. The fraction of sp³-hybridized carbons (Fsp3) is 0.500. The second kappa shape index (κ2) is 9.86. The number of aliphatic imine (C=N–C) groups is 1. The number of aromatic nitrogens is 2. The maximum Gasteiger partial charge on any atom is 0.340 e. The molecule has 0 radical (unpaired) electrons. The lowest BCUT2D eigenvalue weighted by atomic mass is 9.96. The van der Waals surface area contributed by atoms with E-state index in [4.69, 9.17) is 5.73 Å². The molecule has 2 N–H and O–H groups in total. The van der Waals surface area contributed by atoms with Crippen LogP contribution >= 0.6 is 0 Å². The average Bonchev–Trinajstić information content (AvgIpc) is 2.85. The van der Waals surface area contributed by atoms with Crippen LogP contribution in [0.2, 0.25) is 0 Å². The van der Waals surface area contributed by atoms with Gasteiger partial charge in [0.2, 0.25) is 0 Å². The predicted octanol–water partition coefficient (Wildman–Crippen LogP) is 3.93. The summed E-state index contributed by atoms with van der Waals surface area (Å²) in [6.45, 7) is 2.19. The number of hydrogen-bond acceptors (Lipinski definition) is 8. The Labute approximate surface area is 216 Å². The molecular formula is C24H26F5N5O3S. The van der Waals surface area contributed by atoms with E-state index < -0.39 is 50.6 Å². The molecule has 2 aliphatic heterocycles. The highest BCUT2D eigenvalue weighted by atomic mass is 32.2. The van der Waals surface area contributed by atoms with E-state index in [0.717, 1.165) is 18.3 Å². The third kappa shape index (κ3) is 5.09. The highest BCUT2D eigenvalue weighted by Gasteiger charge is 2.52. The van der Waals surface area contributed by atoms with Crippen LogP contribution in [0.15, 0.2) is 39.8 Å². The Bertz CT molecular complexity index is 1390. The number of carbonyl (C=O) groups is 1. The van der Waals surface area contributed by atoms with E-state index in [-0.39, 0.29) is 40.8 Å². The van der Waals surface area contributed by atoms with Crippen molar-refractivity contribution in [3.05, 3.63) is 53.4 Å². The van der Waals surface area contributed by atoms with Gasteiger partial charge in [0.25, 0.3) is 0 Å². The molecule has 4 heterocycles. The van der Waals surface area contributed by atoms with E-state index >= 15 is 0 Å². The maximum atomic E-state index is 15.0. The van der Waals surface area contributed by atoms with Crippen LogP contribution in [0, 0.1) is 5.82 Å². The average molecular weight is 560 g/mol. The summed E-state index contributed by atoms with van der Waals surface area (Å²) in [4.78, 5) is 25.4. The van der Waals surface area contributed by atoms with Crippen LogP contribution in [-0.2, 0) is 21.7 Å². The van der Waals surface area contributed by atoms with Gasteiger partial charge in [-0.1, -0.05) is 0 Å². The Kier molecular flexibility index (Phi) is 7.23. The lowest BCUT2D eigenvalue weighted by Gasteiger charge is -2.43. The first-order valence-corrected chi connectivity index (χ1v) is 13.4. The molecule has 0 fully saturated rings. The van der Waals surface area contributed by atoms with Gasteiger partial charge in [0.05, 0.1) is 28.1 Å². The predicted molar refractivity (Wildman–Crippen MR) is 130 cm³/mol. The van der Waals surface area contributed by atoms with Gasteiger partial charge in [0.15, 0.2) is 12.4 Å². The van der Waals surface area contributed by atoms with Crippen LogP contribution in [0.5, 0.6) is 5.75 Å². The first-order chi connectivity index (χ1) is 17.7. The summed E-state index contributed by atoms with van der Waals surface area (Å²) in [5, 5.41) is 0. The topological polar surface area (TPSA) is 120 Å². The van der Waals surface area contributed by atoms with E-state index in [9.17, 15) is 31.0 Å². The number of nitrogens with two attached hydrogens (primary N) is 1. The quantitative estimate of drug-likeness (QED) is 0.387. The number of amidine groups is 1. The van der Waals surface area contributed by atoms with Gasteiger partial charge in [-0.25, -0.2) is 26.7 Å². The minimum Gasteiger partial charge on any atom is -0.485 e. The summed E-state index contributed by atoms with van der Waals surface area (Å²) in [6, 6.07) is 4.78. The first-order valence-electron chi connectivity index (χ1n) is 11.7. The molecule has 0 aliphatic carbocycles. The van der Waals surface area contributed by atoms with Gasteiger partial charge in [-0.3, -0.25) is 14.8 Å². The monoisotopic (exact) mass is 559 g/mol. The fourth-order valence-electron chi connectivity index (χ4n) is 4.43. The maximum absolute atomic E-state index is 15.0. The molecule has 0 aromatic carbocycles. The minimum atomic E-state index is -4.33. The number of halogens is 5. The van der Waals surface area contributed by atoms with Crippen molar-refractivity contribution in [2.24, 2.45) is 15.1 Å². The highest BCUT2D eigenvalue weighted by molar-refractivity contribution is 7.95. The zero-order chi connectivity index (χ0) is 27.9. The SMILES string of the molecule is C[C@@]1(c2nc(CC(=O)c3ccc(OCC(F)(F)C(F)F)cn3)ccc2F)C[S@]2(=O)=NCCC[C@]2(C)C(N)=N1. The van der Waals surface area contributed by atoms with E-state index in [1.54, 1.807) is 13.8 Å². The number of pyridine rings is 2. The normalized spacial score (nSPS) is 27.3. The van der Waals surface area contributed by atoms with Crippen molar-refractivity contribution in [3.63, 3.8) is 0 Å². The number of nitrogens with zero attached hydrogens (tertiary/aromatic N) is 4. The fourth-order valence-corrected chi connectivity index (χ4v) is 7.35. The third-order valence-corrected chi connectivity index (χ3v) is 10.1. The van der Waals surface area contributed by atoms with Crippen molar-refractivity contribution in [1.82, 2.24) is 9.97 Å². The Morgan fingerprint density at radius 3 is 2.63 bits per heavy atom. The van der Waals surface area contributed by atoms with Crippen LogP contribution in [0.3, 0.4) is 0 Å². The van der Waals surface area contributed by atoms with Gasteiger partial charge in [-0.2, -0.15) is 8.78 Å². The number of alkyl halides is 4. The summed E-state index contributed by atoms with van der Waals surface area (Å²) in [6.07, 6.45) is -1.95. The molecular weight excluding hydrogens is 533 g/mol. The van der Waals surface area contributed by atoms with Gasteiger partial charge < -0.3 is 10.5 Å². The number of ether oxygens (including phenoxy) is 1. The number of hydrogen-bond donors (Lipinski definition) is 1. The number of ketones is 1. The molecule has 2 aromatic rings. The van der Waals surface area contributed by atoms with Crippen LogP contribution in [0.4, 0.5) is 22.0 Å². The second-order valence-corrected chi connectivity index (χ2v) is 12.4. The third-order valence-electron chi connectivity index (χ3n) is 6.73.